The third kappa shape index (κ3) is 3.51. The van der Waals surface area contributed by atoms with Crippen LogP contribution < -0.4 is 15.0 Å². The van der Waals surface area contributed by atoms with Crippen LogP contribution in [0.4, 0.5) is 5.95 Å². The van der Waals surface area contributed by atoms with Crippen LogP contribution in [0.2, 0.25) is 0 Å². The van der Waals surface area contributed by atoms with Crippen molar-refractivity contribution in [2.45, 2.75) is 44.2 Å². The summed E-state index contributed by atoms with van der Waals surface area (Å²) in [5.74, 6) is 1.70. The van der Waals surface area contributed by atoms with Crippen LogP contribution in [0.5, 0.6) is 5.75 Å². The molecule has 2 aromatic carbocycles. The normalized spacial score (nSPS) is 19.5. The van der Waals surface area contributed by atoms with Gasteiger partial charge in [-0.1, -0.05) is 31.0 Å². The predicted molar refractivity (Wildman–Crippen MR) is 118 cm³/mol. The first-order valence-electron chi connectivity index (χ1n) is 10.9. The van der Waals surface area contributed by atoms with Crippen molar-refractivity contribution in [3.8, 4) is 5.75 Å². The lowest BCUT2D eigenvalue weighted by molar-refractivity contribution is 0.0940. The Morgan fingerprint density at radius 3 is 2.77 bits per heavy atom. The molecule has 6 heteroatoms. The van der Waals surface area contributed by atoms with Crippen LogP contribution >= 0.6 is 0 Å². The second kappa shape index (κ2) is 8.01. The Labute approximate surface area is 176 Å². The Balaban J connectivity index is 1.35. The number of nitrogens with one attached hydrogen (secondary N) is 1. The molecule has 2 fully saturated rings. The number of methoxy groups -OCH3 is 1. The fourth-order valence-electron chi connectivity index (χ4n) is 4.87. The molecule has 1 atom stereocenters. The summed E-state index contributed by atoms with van der Waals surface area (Å²) in [5.41, 5.74) is 2.91. The lowest BCUT2D eigenvalue weighted by Gasteiger charge is -2.23. The van der Waals surface area contributed by atoms with Crippen molar-refractivity contribution in [3.05, 3.63) is 54.1 Å². The van der Waals surface area contributed by atoms with Crippen LogP contribution in [-0.2, 0) is 0 Å². The maximum atomic E-state index is 12.7. The number of anilines is 1. The van der Waals surface area contributed by atoms with Gasteiger partial charge in [0.2, 0.25) is 5.95 Å². The van der Waals surface area contributed by atoms with Crippen molar-refractivity contribution in [3.63, 3.8) is 0 Å². The highest BCUT2D eigenvalue weighted by Gasteiger charge is 2.30. The van der Waals surface area contributed by atoms with E-state index in [1.54, 1.807) is 13.2 Å². The van der Waals surface area contributed by atoms with E-state index < -0.39 is 0 Å². The number of carbonyl (C=O) groups excluding carboxylic acids is 1. The summed E-state index contributed by atoms with van der Waals surface area (Å²) in [6.07, 6.45) is 5.93. The van der Waals surface area contributed by atoms with Crippen LogP contribution in [0.1, 0.15) is 48.5 Å². The molecular weight excluding hydrogens is 376 g/mol. The summed E-state index contributed by atoms with van der Waals surface area (Å²) in [6.45, 7) is 1.69. The number of nitrogens with zero attached hydrogens (tertiary/aromatic N) is 3. The SMILES string of the molecule is COc1cccc(C(=O)NC2CCN(c3nc4ccccc4n3C3CCCC3)C2)c1. The molecule has 6 nitrogen and oxygen atoms in total. The molecule has 1 unspecified atom stereocenters. The summed E-state index contributed by atoms with van der Waals surface area (Å²) in [7, 11) is 1.61. The molecule has 0 bridgehead atoms. The highest BCUT2D eigenvalue weighted by molar-refractivity contribution is 5.94. The van der Waals surface area contributed by atoms with Crippen molar-refractivity contribution in [2.75, 3.05) is 25.1 Å². The molecule has 3 aromatic rings. The van der Waals surface area contributed by atoms with E-state index in [9.17, 15) is 4.79 Å². The number of benzene rings is 2. The lowest BCUT2D eigenvalue weighted by atomic mass is 10.2. The highest BCUT2D eigenvalue weighted by Crippen LogP contribution is 2.37. The molecule has 1 amide bonds. The van der Waals surface area contributed by atoms with Gasteiger partial charge in [-0.2, -0.15) is 0 Å². The minimum Gasteiger partial charge on any atom is -0.497 e. The number of hydrogen-bond donors (Lipinski definition) is 1. The molecular formula is C24H28N4O2. The molecule has 1 saturated carbocycles. The van der Waals surface area contributed by atoms with Gasteiger partial charge in [0.25, 0.3) is 5.91 Å². The minimum absolute atomic E-state index is 0.0509. The Morgan fingerprint density at radius 1 is 1.10 bits per heavy atom. The standard InChI is InChI=1S/C24H28N4O2/c1-30-20-10-6-7-17(15-20)23(29)25-18-13-14-27(16-18)24-26-21-11-4-5-12-22(21)28(24)19-8-2-3-9-19/h4-7,10-12,15,18-19H,2-3,8-9,13-14,16H2,1H3,(H,25,29). The van der Waals surface area contributed by atoms with Gasteiger partial charge in [0.15, 0.2) is 0 Å². The third-order valence-corrected chi connectivity index (χ3v) is 6.41. The van der Waals surface area contributed by atoms with Crippen LogP contribution in [0.3, 0.4) is 0 Å². The molecule has 5 rings (SSSR count). The number of rotatable bonds is 5. The smallest absolute Gasteiger partial charge is 0.251 e. The molecule has 1 N–H and O–H groups in total. The predicted octanol–water partition coefficient (Wildman–Crippen LogP) is 4.17. The fourth-order valence-corrected chi connectivity index (χ4v) is 4.87. The molecule has 1 aliphatic carbocycles. The number of amides is 1. The molecule has 30 heavy (non-hydrogen) atoms. The van der Waals surface area contributed by atoms with Gasteiger partial charge < -0.3 is 19.5 Å². The Kier molecular flexibility index (Phi) is 5.07. The molecule has 0 spiro atoms. The van der Waals surface area contributed by atoms with Gasteiger partial charge in [-0.3, -0.25) is 4.79 Å². The zero-order valence-electron chi connectivity index (χ0n) is 17.4. The van der Waals surface area contributed by atoms with E-state index in [2.05, 4.69) is 39.0 Å². The first kappa shape index (κ1) is 19.0. The maximum absolute atomic E-state index is 12.7. The molecule has 2 aliphatic rings. The maximum Gasteiger partial charge on any atom is 0.251 e. The summed E-state index contributed by atoms with van der Waals surface area (Å²) < 4.78 is 7.69. The Morgan fingerprint density at radius 2 is 1.93 bits per heavy atom. The van der Waals surface area contributed by atoms with Gasteiger partial charge in [0.1, 0.15) is 5.75 Å². The number of para-hydroxylation sites is 2. The Bertz CT molecular complexity index is 1050. The second-order valence-corrected chi connectivity index (χ2v) is 8.35. The molecule has 1 aliphatic heterocycles. The first-order valence-corrected chi connectivity index (χ1v) is 10.9. The van der Waals surface area contributed by atoms with Gasteiger partial charge in [0, 0.05) is 30.7 Å². The number of aromatic nitrogens is 2. The van der Waals surface area contributed by atoms with Crippen molar-refractivity contribution < 1.29 is 9.53 Å². The molecule has 156 valence electrons. The number of ether oxygens (including phenoxy) is 1. The largest absolute Gasteiger partial charge is 0.497 e. The molecule has 1 aromatic heterocycles. The second-order valence-electron chi connectivity index (χ2n) is 8.35. The van der Waals surface area contributed by atoms with Crippen LogP contribution in [-0.4, -0.2) is 41.7 Å². The summed E-state index contributed by atoms with van der Waals surface area (Å²) >= 11 is 0. The summed E-state index contributed by atoms with van der Waals surface area (Å²) in [6, 6.07) is 16.4. The van der Waals surface area contributed by atoms with Crippen molar-refractivity contribution in [1.82, 2.24) is 14.9 Å². The van der Waals surface area contributed by atoms with E-state index >= 15 is 0 Å². The highest BCUT2D eigenvalue weighted by atomic mass is 16.5. The fraction of sp³-hybridized carbons (Fsp3) is 0.417. The minimum atomic E-state index is -0.0509. The third-order valence-electron chi connectivity index (χ3n) is 6.41. The average molecular weight is 405 g/mol. The van der Waals surface area contributed by atoms with E-state index in [0.29, 0.717) is 17.4 Å². The number of imidazole rings is 1. The van der Waals surface area contributed by atoms with E-state index in [4.69, 9.17) is 9.72 Å². The number of hydrogen-bond acceptors (Lipinski definition) is 4. The lowest BCUT2D eigenvalue weighted by Crippen LogP contribution is -2.37. The number of fused-ring (bicyclic) bond motifs is 1. The van der Waals surface area contributed by atoms with Gasteiger partial charge >= 0.3 is 0 Å². The zero-order valence-corrected chi connectivity index (χ0v) is 17.4. The topological polar surface area (TPSA) is 59.4 Å². The van der Waals surface area contributed by atoms with E-state index in [-0.39, 0.29) is 11.9 Å². The van der Waals surface area contributed by atoms with Crippen molar-refractivity contribution in [1.29, 1.82) is 0 Å². The van der Waals surface area contributed by atoms with Gasteiger partial charge in [-0.15, -0.1) is 0 Å². The van der Waals surface area contributed by atoms with Crippen LogP contribution in [0.25, 0.3) is 11.0 Å². The van der Waals surface area contributed by atoms with E-state index in [1.165, 1.54) is 31.2 Å². The molecule has 1 saturated heterocycles. The average Bonchev–Trinajstić information content (AvgIpc) is 3.52. The van der Waals surface area contributed by atoms with E-state index in [1.807, 2.05) is 18.2 Å². The summed E-state index contributed by atoms with van der Waals surface area (Å²) in [4.78, 5) is 20.1. The van der Waals surface area contributed by atoms with Crippen LogP contribution in [0.15, 0.2) is 48.5 Å². The monoisotopic (exact) mass is 404 g/mol. The van der Waals surface area contributed by atoms with Crippen molar-refractivity contribution in [2.24, 2.45) is 0 Å². The van der Waals surface area contributed by atoms with Gasteiger partial charge in [0.05, 0.1) is 18.1 Å². The van der Waals surface area contributed by atoms with Gasteiger partial charge in [-0.05, 0) is 49.6 Å². The zero-order chi connectivity index (χ0) is 20.5. The van der Waals surface area contributed by atoms with Gasteiger partial charge in [-0.25, -0.2) is 4.98 Å². The molecule has 2 heterocycles. The number of carbonyl (C=O) groups is 1. The summed E-state index contributed by atoms with van der Waals surface area (Å²) in [5, 5.41) is 3.20. The molecule has 0 radical (unpaired) electrons. The Hall–Kier alpha value is -3.02. The first-order chi connectivity index (χ1) is 14.7. The van der Waals surface area contributed by atoms with E-state index in [0.717, 1.165) is 31.0 Å². The quantitative estimate of drug-likeness (QED) is 0.693. The van der Waals surface area contributed by atoms with Crippen LogP contribution in [0, 0.1) is 0 Å². The van der Waals surface area contributed by atoms with Crippen molar-refractivity contribution >= 4 is 22.9 Å².